The lowest BCUT2D eigenvalue weighted by Crippen LogP contribution is -2.34. The smallest absolute Gasteiger partial charge is 0.313 e. The van der Waals surface area contributed by atoms with Crippen LogP contribution in [0.4, 0.5) is 0 Å². The minimum atomic E-state index is -1.17. The molecule has 82 valence electrons. The Morgan fingerprint density at radius 1 is 1.47 bits per heavy atom. The van der Waals surface area contributed by atoms with E-state index in [1.54, 1.807) is 0 Å². The van der Waals surface area contributed by atoms with Crippen LogP contribution >= 0.6 is 0 Å². The average molecular weight is 209 g/mol. The zero-order valence-electron chi connectivity index (χ0n) is 8.59. The van der Waals surface area contributed by atoms with Crippen LogP contribution in [0.3, 0.4) is 0 Å². The second kappa shape index (κ2) is 5.48. The highest BCUT2D eigenvalue weighted by molar-refractivity contribution is 5.72. The van der Waals surface area contributed by atoms with E-state index in [0.717, 1.165) is 5.56 Å². The third-order valence-corrected chi connectivity index (χ3v) is 2.11. The minimum Gasteiger partial charge on any atom is -0.460 e. The van der Waals surface area contributed by atoms with E-state index < -0.39 is 18.1 Å². The van der Waals surface area contributed by atoms with Gasteiger partial charge in [0.25, 0.3) is 0 Å². The number of carbonyl (C=O) groups is 1. The molecular formula is C11H15NO3. The number of aliphatic hydroxyl groups excluding tert-OH is 1. The first-order valence-electron chi connectivity index (χ1n) is 4.75. The van der Waals surface area contributed by atoms with Crippen LogP contribution in [0.25, 0.3) is 0 Å². The number of aliphatic hydroxyl groups is 1. The molecule has 4 nitrogen and oxygen atoms in total. The first-order valence-corrected chi connectivity index (χ1v) is 4.75. The van der Waals surface area contributed by atoms with Gasteiger partial charge in [-0.2, -0.15) is 0 Å². The van der Waals surface area contributed by atoms with Crippen LogP contribution in [0.15, 0.2) is 30.3 Å². The van der Waals surface area contributed by atoms with Crippen molar-refractivity contribution in [3.05, 3.63) is 35.9 Å². The molecule has 0 heterocycles. The molecule has 15 heavy (non-hydrogen) atoms. The molecule has 1 rings (SSSR count). The van der Waals surface area contributed by atoms with Gasteiger partial charge in [0, 0.05) is 0 Å². The molecule has 0 fully saturated rings. The molecule has 2 atom stereocenters. The second-order valence-electron chi connectivity index (χ2n) is 3.37. The molecule has 0 aromatic heterocycles. The third kappa shape index (κ3) is 3.69. The van der Waals surface area contributed by atoms with Crippen LogP contribution in [0.5, 0.6) is 0 Å². The molecule has 0 amide bonds. The van der Waals surface area contributed by atoms with E-state index in [9.17, 15) is 4.79 Å². The van der Waals surface area contributed by atoms with E-state index in [1.165, 1.54) is 6.92 Å². The maximum atomic E-state index is 11.3. The fraction of sp³-hybridized carbons (Fsp3) is 0.364. The summed E-state index contributed by atoms with van der Waals surface area (Å²) in [6.07, 6.45) is -1.17. The molecule has 0 spiro atoms. The van der Waals surface area contributed by atoms with Crippen molar-refractivity contribution in [3.63, 3.8) is 0 Å². The van der Waals surface area contributed by atoms with E-state index in [0.29, 0.717) is 0 Å². The largest absolute Gasteiger partial charge is 0.460 e. The van der Waals surface area contributed by atoms with Gasteiger partial charge in [-0.25, -0.2) is 0 Å². The highest BCUT2D eigenvalue weighted by Gasteiger charge is 2.19. The quantitative estimate of drug-likeness (QED) is 0.564. The Hall–Kier alpha value is -1.39. The van der Waals surface area contributed by atoms with Crippen LogP contribution in [0.1, 0.15) is 12.5 Å². The molecule has 0 saturated heterocycles. The maximum absolute atomic E-state index is 11.3. The number of ether oxygens (including phenoxy) is 1. The van der Waals surface area contributed by atoms with Crippen LogP contribution in [-0.2, 0) is 16.1 Å². The lowest BCUT2D eigenvalue weighted by Gasteiger charge is -2.13. The summed E-state index contributed by atoms with van der Waals surface area (Å²) in [7, 11) is 0. The molecule has 0 radical (unpaired) electrons. The summed E-state index contributed by atoms with van der Waals surface area (Å²) >= 11 is 0. The van der Waals surface area contributed by atoms with Crippen molar-refractivity contribution in [2.75, 3.05) is 0 Å². The number of rotatable bonds is 4. The normalized spacial score (nSPS) is 14.3. The fourth-order valence-corrected chi connectivity index (χ4v) is 1.000. The van der Waals surface area contributed by atoms with Crippen LogP contribution in [0, 0.1) is 5.92 Å². The number of nitrogens with two attached hydrogens (primary N) is 1. The number of esters is 1. The number of hydrogen-bond acceptors (Lipinski definition) is 4. The monoisotopic (exact) mass is 209 g/mol. The summed E-state index contributed by atoms with van der Waals surface area (Å²) in [5.41, 5.74) is 6.07. The number of benzene rings is 1. The summed E-state index contributed by atoms with van der Waals surface area (Å²) < 4.78 is 4.97. The topological polar surface area (TPSA) is 72.5 Å². The first kappa shape index (κ1) is 11.7. The summed E-state index contributed by atoms with van der Waals surface area (Å²) in [5.74, 6) is -1.19. The summed E-state index contributed by atoms with van der Waals surface area (Å²) in [6.45, 7) is 1.73. The molecule has 1 aromatic rings. The third-order valence-electron chi connectivity index (χ3n) is 2.11. The SMILES string of the molecule is CC(C(=O)OCc1ccccc1)[C@@H](N)O. The zero-order chi connectivity index (χ0) is 11.3. The Bertz CT molecular complexity index is 311. The van der Waals surface area contributed by atoms with Crippen molar-refractivity contribution in [2.24, 2.45) is 11.7 Å². The van der Waals surface area contributed by atoms with Crippen LogP contribution < -0.4 is 5.73 Å². The predicted molar refractivity (Wildman–Crippen MR) is 55.6 cm³/mol. The molecule has 4 heteroatoms. The van der Waals surface area contributed by atoms with Crippen molar-refractivity contribution >= 4 is 5.97 Å². The Labute approximate surface area is 88.7 Å². The highest BCUT2D eigenvalue weighted by Crippen LogP contribution is 2.05. The van der Waals surface area contributed by atoms with Gasteiger partial charge in [-0.3, -0.25) is 4.79 Å². The van der Waals surface area contributed by atoms with Crippen molar-refractivity contribution in [1.82, 2.24) is 0 Å². The van der Waals surface area contributed by atoms with Crippen molar-refractivity contribution in [1.29, 1.82) is 0 Å². The summed E-state index contributed by atoms with van der Waals surface area (Å²) in [4.78, 5) is 11.3. The zero-order valence-corrected chi connectivity index (χ0v) is 8.59. The molecular weight excluding hydrogens is 194 g/mol. The first-order chi connectivity index (χ1) is 7.11. The molecule has 0 aliphatic heterocycles. The Morgan fingerprint density at radius 2 is 2.07 bits per heavy atom. The van der Waals surface area contributed by atoms with Crippen LogP contribution in [-0.4, -0.2) is 17.3 Å². The Morgan fingerprint density at radius 3 is 2.60 bits per heavy atom. The van der Waals surface area contributed by atoms with E-state index in [2.05, 4.69) is 0 Å². The lowest BCUT2D eigenvalue weighted by atomic mass is 10.1. The molecule has 0 aliphatic rings. The van der Waals surface area contributed by atoms with Crippen molar-refractivity contribution in [2.45, 2.75) is 19.8 Å². The fourth-order valence-electron chi connectivity index (χ4n) is 1.000. The van der Waals surface area contributed by atoms with E-state index >= 15 is 0 Å². The van der Waals surface area contributed by atoms with Gasteiger partial charge in [0.2, 0.25) is 0 Å². The summed E-state index contributed by atoms with van der Waals surface area (Å²) in [5, 5.41) is 8.97. The molecule has 1 unspecified atom stereocenters. The average Bonchev–Trinajstić information content (AvgIpc) is 2.26. The summed E-state index contributed by atoms with van der Waals surface area (Å²) in [6, 6.07) is 9.33. The number of carbonyl (C=O) groups excluding carboxylic acids is 1. The van der Waals surface area contributed by atoms with Gasteiger partial charge >= 0.3 is 5.97 Å². The molecule has 0 saturated carbocycles. The minimum absolute atomic E-state index is 0.205. The Balaban J connectivity index is 2.41. The lowest BCUT2D eigenvalue weighted by molar-refractivity contribution is -0.152. The molecule has 0 bridgehead atoms. The Kier molecular flexibility index (Phi) is 4.27. The molecule has 1 aromatic carbocycles. The maximum Gasteiger partial charge on any atom is 0.313 e. The van der Waals surface area contributed by atoms with Gasteiger partial charge in [-0.15, -0.1) is 0 Å². The second-order valence-corrected chi connectivity index (χ2v) is 3.37. The van der Waals surface area contributed by atoms with Crippen molar-refractivity contribution < 1.29 is 14.6 Å². The molecule has 3 N–H and O–H groups in total. The van der Waals surface area contributed by atoms with Crippen LogP contribution in [0.2, 0.25) is 0 Å². The highest BCUT2D eigenvalue weighted by atomic mass is 16.5. The van der Waals surface area contributed by atoms with Gasteiger partial charge in [-0.1, -0.05) is 30.3 Å². The van der Waals surface area contributed by atoms with Gasteiger partial charge in [-0.05, 0) is 12.5 Å². The predicted octanol–water partition coefficient (Wildman–Crippen LogP) is 0.643. The van der Waals surface area contributed by atoms with Gasteiger partial charge < -0.3 is 15.6 Å². The molecule has 0 aliphatic carbocycles. The van der Waals surface area contributed by atoms with E-state index in [-0.39, 0.29) is 6.61 Å². The van der Waals surface area contributed by atoms with E-state index in [1.807, 2.05) is 30.3 Å². The number of hydrogen-bond donors (Lipinski definition) is 2. The van der Waals surface area contributed by atoms with Gasteiger partial charge in [0.05, 0.1) is 5.92 Å². The van der Waals surface area contributed by atoms with Gasteiger partial charge in [0.1, 0.15) is 12.8 Å². The standard InChI is InChI=1S/C11H15NO3/c1-8(10(12)13)11(14)15-7-9-5-3-2-4-6-9/h2-6,8,10,13H,7,12H2,1H3/t8?,10-/m0/s1. The van der Waals surface area contributed by atoms with Crippen molar-refractivity contribution in [3.8, 4) is 0 Å². The van der Waals surface area contributed by atoms with Gasteiger partial charge in [0.15, 0.2) is 0 Å². The van der Waals surface area contributed by atoms with E-state index in [4.69, 9.17) is 15.6 Å².